The Morgan fingerprint density at radius 2 is 0.884 bits per heavy atom. The zero-order valence-corrected chi connectivity index (χ0v) is 23.8. The number of amides is 3. The van der Waals surface area contributed by atoms with Crippen LogP contribution in [0, 0.1) is 0 Å². The van der Waals surface area contributed by atoms with Crippen LogP contribution in [0.25, 0.3) is 0 Å². The van der Waals surface area contributed by atoms with E-state index in [9.17, 15) is 19.2 Å². The van der Waals surface area contributed by atoms with E-state index in [0.717, 1.165) is 5.76 Å². The second kappa shape index (κ2) is 20.8. The third-order valence-electron chi connectivity index (χ3n) is 5.50. The molecule has 0 saturated heterocycles. The first-order valence-electron chi connectivity index (χ1n) is 13.7. The Hall–Kier alpha value is -5.04. The number of rotatable bonds is 15. The number of carboxylic acid groups (broad SMARTS) is 1. The third-order valence-corrected chi connectivity index (χ3v) is 5.50. The van der Waals surface area contributed by atoms with Crippen molar-refractivity contribution in [2.45, 2.75) is 64.7 Å². The average molecular weight is 599 g/mol. The van der Waals surface area contributed by atoms with Crippen molar-refractivity contribution in [3.05, 3.63) is 96.6 Å². The molecule has 232 valence electrons. The van der Waals surface area contributed by atoms with Gasteiger partial charge in [-0.25, -0.2) is 0 Å². The number of hydrogen-bond donors (Lipinski definition) is 5. The summed E-state index contributed by atoms with van der Waals surface area (Å²) in [4.78, 5) is 44.5. The molecule has 0 bridgehead atoms. The monoisotopic (exact) mass is 598 g/mol. The summed E-state index contributed by atoms with van der Waals surface area (Å²) in [6.07, 6.45) is 8.02. The summed E-state index contributed by atoms with van der Waals surface area (Å²) < 4.78 is 20.1. The van der Waals surface area contributed by atoms with Crippen molar-refractivity contribution in [3.8, 4) is 0 Å². The van der Waals surface area contributed by atoms with E-state index in [2.05, 4.69) is 16.0 Å². The number of carbonyl (C=O) groups excluding carboxylic acids is 3. The first-order chi connectivity index (χ1) is 20.9. The van der Waals surface area contributed by atoms with Gasteiger partial charge in [-0.2, -0.15) is 0 Å². The molecule has 0 fully saturated rings. The minimum Gasteiger partial charge on any atom is -0.481 e. The maximum absolute atomic E-state index is 11.6. The number of furan rings is 4. The van der Waals surface area contributed by atoms with Crippen LogP contribution in [0.1, 0.15) is 61.6 Å². The van der Waals surface area contributed by atoms with Crippen LogP contribution in [0.15, 0.2) is 91.3 Å². The van der Waals surface area contributed by atoms with Gasteiger partial charge in [0.1, 0.15) is 23.0 Å². The molecular formula is C30H38N4O9. The predicted octanol–water partition coefficient (Wildman–Crippen LogP) is 3.86. The van der Waals surface area contributed by atoms with Gasteiger partial charge in [0.25, 0.3) is 0 Å². The Balaban J connectivity index is 0.000000254. The van der Waals surface area contributed by atoms with Crippen LogP contribution in [0.2, 0.25) is 0 Å². The van der Waals surface area contributed by atoms with Crippen molar-refractivity contribution in [1.82, 2.24) is 16.0 Å². The molecule has 0 spiro atoms. The summed E-state index contributed by atoms with van der Waals surface area (Å²) in [6, 6.07) is 14.3. The van der Waals surface area contributed by atoms with E-state index in [4.69, 9.17) is 28.5 Å². The number of hydrogen-bond acceptors (Lipinski definition) is 9. The molecule has 0 radical (unpaired) electrons. The van der Waals surface area contributed by atoms with E-state index < -0.39 is 5.97 Å². The van der Waals surface area contributed by atoms with Crippen LogP contribution in [-0.2, 0) is 45.4 Å². The highest BCUT2D eigenvalue weighted by Crippen LogP contribution is 2.03. The summed E-state index contributed by atoms with van der Waals surface area (Å²) in [5.41, 5.74) is 5.20. The third kappa shape index (κ3) is 16.7. The van der Waals surface area contributed by atoms with E-state index in [1.165, 1.54) is 6.26 Å². The lowest BCUT2D eigenvalue weighted by atomic mass is 10.2. The number of carbonyl (C=O) groups is 4. The van der Waals surface area contributed by atoms with Gasteiger partial charge in [0.15, 0.2) is 0 Å². The minimum absolute atomic E-state index is 0.0220. The molecule has 0 saturated carbocycles. The summed E-state index contributed by atoms with van der Waals surface area (Å²) >= 11 is 0. The fourth-order valence-electron chi connectivity index (χ4n) is 3.30. The van der Waals surface area contributed by atoms with Gasteiger partial charge in [0.05, 0.1) is 51.2 Å². The molecule has 4 heterocycles. The Morgan fingerprint density at radius 3 is 1.14 bits per heavy atom. The molecule has 6 N–H and O–H groups in total. The van der Waals surface area contributed by atoms with Crippen molar-refractivity contribution >= 4 is 23.7 Å². The lowest BCUT2D eigenvalue weighted by molar-refractivity contribution is -0.137. The van der Waals surface area contributed by atoms with Crippen LogP contribution in [0.3, 0.4) is 0 Å². The molecule has 3 amide bonds. The Morgan fingerprint density at radius 1 is 0.558 bits per heavy atom. The Bertz CT molecular complexity index is 1230. The zero-order chi connectivity index (χ0) is 31.1. The highest BCUT2D eigenvalue weighted by molar-refractivity contribution is 5.78. The number of aliphatic carboxylic acids is 1. The molecule has 4 rings (SSSR count). The molecule has 13 nitrogen and oxygen atoms in total. The molecule has 43 heavy (non-hydrogen) atoms. The standard InChI is InChI=1S/C15H18N2O4.C10H13NO4.C5H7NO/c18-14(16-10-12-4-2-8-20-12)6-1-7-15(19)17-11-13-5-3-9-21-13;12-9(4-1-5-10(13)14)11-7-8-3-2-6-15-8;6-4-5-2-1-3-7-5/h2-5,8-9H,1,6-7,10-11H2,(H,16,18)(H,17,19);2-3,6H,1,4-5,7H2,(H,11,12)(H,13,14);1-3H,4,6H2. The largest absolute Gasteiger partial charge is 0.481 e. The van der Waals surface area contributed by atoms with Crippen LogP contribution >= 0.6 is 0 Å². The minimum atomic E-state index is -0.881. The van der Waals surface area contributed by atoms with E-state index in [0.29, 0.717) is 69.1 Å². The number of nitrogens with two attached hydrogens (primary N) is 1. The lowest BCUT2D eigenvalue weighted by Crippen LogP contribution is -2.24. The van der Waals surface area contributed by atoms with Crippen LogP contribution in [-0.4, -0.2) is 28.8 Å². The van der Waals surface area contributed by atoms with Crippen molar-refractivity contribution in [2.24, 2.45) is 5.73 Å². The van der Waals surface area contributed by atoms with Crippen molar-refractivity contribution < 1.29 is 42.0 Å². The molecule has 0 aliphatic rings. The quantitative estimate of drug-likeness (QED) is 0.134. The molecule has 0 aliphatic carbocycles. The maximum Gasteiger partial charge on any atom is 0.303 e. The molecule has 4 aromatic heterocycles. The molecule has 0 unspecified atom stereocenters. The summed E-state index contributed by atoms with van der Waals surface area (Å²) in [5, 5.41) is 16.5. The van der Waals surface area contributed by atoms with Crippen LogP contribution < -0.4 is 21.7 Å². The average Bonchev–Trinajstić information content (AvgIpc) is 3.83. The van der Waals surface area contributed by atoms with Gasteiger partial charge in [0.2, 0.25) is 17.7 Å². The highest BCUT2D eigenvalue weighted by atomic mass is 16.4. The maximum atomic E-state index is 11.6. The lowest BCUT2D eigenvalue weighted by Gasteiger charge is -2.04. The van der Waals surface area contributed by atoms with Crippen LogP contribution in [0.5, 0.6) is 0 Å². The molecule has 0 aliphatic heterocycles. The molecule has 13 heteroatoms. The Labute approximate surface area is 248 Å². The topological polar surface area (TPSA) is 203 Å². The summed E-state index contributed by atoms with van der Waals surface area (Å²) in [5.74, 6) is 1.71. The van der Waals surface area contributed by atoms with Gasteiger partial charge in [-0.1, -0.05) is 0 Å². The van der Waals surface area contributed by atoms with Gasteiger partial charge >= 0.3 is 5.97 Å². The van der Waals surface area contributed by atoms with Gasteiger partial charge in [-0.15, -0.1) is 0 Å². The van der Waals surface area contributed by atoms with Gasteiger partial charge in [0, 0.05) is 25.7 Å². The second-order valence-electron chi connectivity index (χ2n) is 8.95. The van der Waals surface area contributed by atoms with Crippen molar-refractivity contribution in [3.63, 3.8) is 0 Å². The molecule has 0 atom stereocenters. The fraction of sp³-hybridized carbons (Fsp3) is 0.333. The smallest absolute Gasteiger partial charge is 0.303 e. The normalized spacial score (nSPS) is 9.98. The predicted molar refractivity (Wildman–Crippen MR) is 154 cm³/mol. The van der Waals surface area contributed by atoms with Gasteiger partial charge < -0.3 is 44.5 Å². The molecular weight excluding hydrogens is 560 g/mol. The van der Waals surface area contributed by atoms with E-state index in [1.807, 2.05) is 12.1 Å². The van der Waals surface area contributed by atoms with Crippen molar-refractivity contribution in [1.29, 1.82) is 0 Å². The first kappa shape index (κ1) is 34.2. The Kier molecular flexibility index (Phi) is 16.5. The number of nitrogens with one attached hydrogen (secondary N) is 3. The van der Waals surface area contributed by atoms with Gasteiger partial charge in [-0.05, 0) is 61.4 Å². The SMILES string of the molecule is NCc1ccco1.O=C(CCCC(=O)NCc1ccco1)NCc1ccco1.O=C(O)CCCC(=O)NCc1ccco1. The first-order valence-corrected chi connectivity index (χ1v) is 13.7. The fourth-order valence-corrected chi connectivity index (χ4v) is 3.30. The summed E-state index contributed by atoms with van der Waals surface area (Å²) in [6.45, 7) is 1.58. The molecule has 0 aromatic carbocycles. The molecule has 4 aromatic rings. The zero-order valence-electron chi connectivity index (χ0n) is 23.8. The van der Waals surface area contributed by atoms with E-state index >= 15 is 0 Å². The van der Waals surface area contributed by atoms with E-state index in [-0.39, 0.29) is 30.6 Å². The van der Waals surface area contributed by atoms with Crippen LogP contribution in [0.4, 0.5) is 0 Å². The van der Waals surface area contributed by atoms with Gasteiger partial charge in [-0.3, -0.25) is 19.2 Å². The number of carboxylic acids is 1. The highest BCUT2D eigenvalue weighted by Gasteiger charge is 2.07. The van der Waals surface area contributed by atoms with Crippen molar-refractivity contribution in [2.75, 3.05) is 0 Å². The second-order valence-corrected chi connectivity index (χ2v) is 8.95. The summed E-state index contributed by atoms with van der Waals surface area (Å²) in [7, 11) is 0. The van der Waals surface area contributed by atoms with E-state index in [1.54, 1.807) is 55.2 Å².